The molecule has 0 amide bonds. The van der Waals surface area contributed by atoms with Gasteiger partial charge in [0.05, 0.1) is 17.7 Å². The van der Waals surface area contributed by atoms with Crippen molar-refractivity contribution in [2.24, 2.45) is 0 Å². The Balaban J connectivity index is 1.40. The molecule has 0 spiro atoms. The van der Waals surface area contributed by atoms with Gasteiger partial charge in [-0.05, 0) is 43.9 Å². The van der Waals surface area contributed by atoms with Crippen molar-refractivity contribution in [3.05, 3.63) is 34.9 Å². The third-order valence-electron chi connectivity index (χ3n) is 5.40. The number of rotatable bonds is 3. The molecule has 0 unspecified atom stereocenters. The number of halogens is 3. The van der Waals surface area contributed by atoms with Crippen LogP contribution in [0, 0.1) is 6.07 Å². The van der Waals surface area contributed by atoms with E-state index >= 15 is 0 Å². The molecular formula is C19H21BrF2N3. The monoisotopic (exact) mass is 408 g/mol. The van der Waals surface area contributed by atoms with Crippen molar-refractivity contribution in [2.75, 3.05) is 18.4 Å². The maximum atomic E-state index is 13.4. The standard InChI is InChI=1S/C19H21BrF2N3/c20-13-1-6-17-16(11-13)18(7-9-23-17)24-14-2-4-15(5-3-14)25-10-8-19(21,22)12-25/h1,6,9,11,14-15H,2-5,8,10,12H2,(H,23,24). The zero-order valence-electron chi connectivity index (χ0n) is 13.9. The number of nitrogens with one attached hydrogen (secondary N) is 1. The number of aromatic nitrogens is 1. The summed E-state index contributed by atoms with van der Waals surface area (Å²) < 4.78 is 27.9. The lowest BCUT2D eigenvalue weighted by molar-refractivity contribution is 0.00535. The number of hydrogen-bond donors (Lipinski definition) is 1. The van der Waals surface area contributed by atoms with Crippen molar-refractivity contribution in [3.8, 4) is 0 Å². The molecule has 1 radical (unpaired) electrons. The molecule has 3 nitrogen and oxygen atoms in total. The van der Waals surface area contributed by atoms with Crippen molar-refractivity contribution in [1.82, 2.24) is 9.88 Å². The van der Waals surface area contributed by atoms with Gasteiger partial charge in [-0.15, -0.1) is 0 Å². The minimum Gasteiger partial charge on any atom is -0.381 e. The average Bonchev–Trinajstić information content (AvgIpc) is 2.96. The Labute approximate surface area is 154 Å². The molecule has 1 aliphatic heterocycles. The van der Waals surface area contributed by atoms with Gasteiger partial charge in [0.2, 0.25) is 0 Å². The zero-order chi connectivity index (χ0) is 17.4. The van der Waals surface area contributed by atoms with Crippen LogP contribution in [0.25, 0.3) is 10.9 Å². The fourth-order valence-corrected chi connectivity index (χ4v) is 4.41. The van der Waals surface area contributed by atoms with Gasteiger partial charge in [-0.25, -0.2) is 8.78 Å². The first-order valence-electron chi connectivity index (χ1n) is 8.84. The van der Waals surface area contributed by atoms with Crippen molar-refractivity contribution >= 4 is 32.5 Å². The number of pyridine rings is 1. The number of nitrogens with zero attached hydrogens (tertiary/aromatic N) is 2. The number of anilines is 1. The molecule has 0 atom stereocenters. The molecule has 1 aromatic heterocycles. The molecule has 25 heavy (non-hydrogen) atoms. The summed E-state index contributed by atoms with van der Waals surface area (Å²) in [5, 5.41) is 4.65. The van der Waals surface area contributed by atoms with Crippen molar-refractivity contribution < 1.29 is 8.78 Å². The summed E-state index contributed by atoms with van der Waals surface area (Å²) in [5.74, 6) is -2.49. The van der Waals surface area contributed by atoms with E-state index in [1.54, 1.807) is 6.20 Å². The van der Waals surface area contributed by atoms with Crippen LogP contribution in [-0.2, 0) is 0 Å². The average molecular weight is 409 g/mol. The Bertz CT molecular complexity index is 759. The summed E-state index contributed by atoms with van der Waals surface area (Å²) in [7, 11) is 0. The van der Waals surface area contributed by atoms with Crippen LogP contribution in [0.1, 0.15) is 32.1 Å². The highest BCUT2D eigenvalue weighted by molar-refractivity contribution is 9.10. The summed E-state index contributed by atoms with van der Waals surface area (Å²) in [6, 6.07) is 9.90. The molecule has 1 saturated carbocycles. The van der Waals surface area contributed by atoms with E-state index in [1.165, 1.54) is 0 Å². The predicted molar refractivity (Wildman–Crippen MR) is 99.1 cm³/mol. The van der Waals surface area contributed by atoms with Crippen LogP contribution in [-0.4, -0.2) is 41.0 Å². The van der Waals surface area contributed by atoms with Crippen LogP contribution in [0.3, 0.4) is 0 Å². The van der Waals surface area contributed by atoms with Gasteiger partial charge in [-0.1, -0.05) is 15.9 Å². The smallest absolute Gasteiger partial charge is 0.261 e. The fraction of sp³-hybridized carbons (Fsp3) is 0.526. The normalized spacial score (nSPS) is 26.8. The molecule has 133 valence electrons. The van der Waals surface area contributed by atoms with Crippen molar-refractivity contribution in [2.45, 2.75) is 50.1 Å². The molecule has 6 heteroatoms. The van der Waals surface area contributed by atoms with Gasteiger partial charge >= 0.3 is 0 Å². The highest BCUT2D eigenvalue weighted by atomic mass is 79.9. The Morgan fingerprint density at radius 2 is 2.04 bits per heavy atom. The van der Waals surface area contributed by atoms with Crippen LogP contribution in [0.15, 0.2) is 28.9 Å². The van der Waals surface area contributed by atoms with Crippen LogP contribution in [0.5, 0.6) is 0 Å². The number of likely N-dealkylation sites (tertiary alicyclic amines) is 1. The summed E-state index contributed by atoms with van der Waals surface area (Å²) in [5.41, 5.74) is 1.92. The van der Waals surface area contributed by atoms with Crippen molar-refractivity contribution in [3.63, 3.8) is 0 Å². The van der Waals surface area contributed by atoms with Gasteiger partial charge < -0.3 is 5.32 Å². The summed E-state index contributed by atoms with van der Waals surface area (Å²) in [6.45, 7) is 0.471. The first-order valence-corrected chi connectivity index (χ1v) is 9.64. The summed E-state index contributed by atoms with van der Waals surface area (Å²) in [6.07, 6.45) is 5.66. The highest BCUT2D eigenvalue weighted by Crippen LogP contribution is 2.34. The Hall–Kier alpha value is -1.27. The quantitative estimate of drug-likeness (QED) is 0.785. The van der Waals surface area contributed by atoms with Gasteiger partial charge in [-0.3, -0.25) is 9.88 Å². The molecule has 1 saturated heterocycles. The van der Waals surface area contributed by atoms with Crippen LogP contribution in [0.2, 0.25) is 0 Å². The molecular weight excluding hydrogens is 388 g/mol. The Kier molecular flexibility index (Phi) is 4.67. The third-order valence-corrected chi connectivity index (χ3v) is 5.89. The Morgan fingerprint density at radius 3 is 2.76 bits per heavy atom. The molecule has 4 rings (SSSR count). The van der Waals surface area contributed by atoms with E-state index in [1.807, 2.05) is 17.0 Å². The third kappa shape index (κ3) is 3.80. The first-order chi connectivity index (χ1) is 12.0. The van der Waals surface area contributed by atoms with E-state index in [-0.39, 0.29) is 13.0 Å². The zero-order valence-corrected chi connectivity index (χ0v) is 15.5. The SMILES string of the molecule is FC1(F)CCN(C2CCC(Nc3[c]cnc4ccc(Br)cc34)CC2)C1. The molecule has 1 aliphatic carbocycles. The number of alkyl halides is 2. The number of hydrogen-bond acceptors (Lipinski definition) is 3. The van der Waals surface area contributed by atoms with Gasteiger partial charge in [0.25, 0.3) is 5.92 Å². The van der Waals surface area contributed by atoms with Gasteiger partial charge in [0.1, 0.15) is 0 Å². The molecule has 1 N–H and O–H groups in total. The van der Waals surface area contributed by atoms with Crippen LogP contribution >= 0.6 is 15.9 Å². The minimum atomic E-state index is -2.49. The topological polar surface area (TPSA) is 28.2 Å². The molecule has 2 fully saturated rings. The lowest BCUT2D eigenvalue weighted by atomic mass is 9.90. The largest absolute Gasteiger partial charge is 0.381 e. The lowest BCUT2D eigenvalue weighted by Crippen LogP contribution is -2.40. The van der Waals surface area contributed by atoms with E-state index in [0.717, 1.165) is 46.7 Å². The van der Waals surface area contributed by atoms with Crippen LogP contribution < -0.4 is 5.32 Å². The maximum absolute atomic E-state index is 13.4. The first kappa shape index (κ1) is 17.2. The molecule has 2 heterocycles. The second-order valence-electron chi connectivity index (χ2n) is 7.17. The van der Waals surface area contributed by atoms with E-state index in [2.05, 4.69) is 38.4 Å². The fourth-order valence-electron chi connectivity index (χ4n) is 4.05. The van der Waals surface area contributed by atoms with Gasteiger partial charge in [0.15, 0.2) is 0 Å². The van der Waals surface area contributed by atoms with E-state index in [0.29, 0.717) is 18.6 Å². The second-order valence-corrected chi connectivity index (χ2v) is 8.08. The van der Waals surface area contributed by atoms with E-state index in [4.69, 9.17) is 0 Å². The Morgan fingerprint density at radius 1 is 1.24 bits per heavy atom. The maximum Gasteiger partial charge on any atom is 0.261 e. The number of benzene rings is 1. The predicted octanol–water partition coefficient (Wildman–Crippen LogP) is 4.86. The molecule has 2 aliphatic rings. The van der Waals surface area contributed by atoms with E-state index < -0.39 is 5.92 Å². The van der Waals surface area contributed by atoms with Crippen LogP contribution in [0.4, 0.5) is 14.5 Å². The molecule has 2 aromatic rings. The molecule has 1 aromatic carbocycles. The minimum absolute atomic E-state index is 0.0119. The van der Waals surface area contributed by atoms with Gasteiger partial charge in [0, 0.05) is 47.2 Å². The van der Waals surface area contributed by atoms with Crippen molar-refractivity contribution in [1.29, 1.82) is 0 Å². The van der Waals surface area contributed by atoms with Gasteiger partial charge in [-0.2, -0.15) is 0 Å². The number of fused-ring (bicyclic) bond motifs is 1. The van der Waals surface area contributed by atoms with E-state index in [9.17, 15) is 8.78 Å². The summed E-state index contributed by atoms with van der Waals surface area (Å²) in [4.78, 5) is 6.35. The molecule has 0 bridgehead atoms. The lowest BCUT2D eigenvalue weighted by Gasteiger charge is -2.35. The summed E-state index contributed by atoms with van der Waals surface area (Å²) >= 11 is 3.51. The highest BCUT2D eigenvalue weighted by Gasteiger charge is 2.41. The second kappa shape index (κ2) is 6.80.